The second-order valence-corrected chi connectivity index (χ2v) is 9.54. The van der Waals surface area contributed by atoms with Crippen molar-refractivity contribution in [2.45, 2.75) is 23.5 Å². The fourth-order valence-corrected chi connectivity index (χ4v) is 4.34. The monoisotopic (exact) mass is 446 g/mol. The Morgan fingerprint density at radius 1 is 1.17 bits per heavy atom. The molecule has 0 aliphatic heterocycles. The lowest BCUT2D eigenvalue weighted by Gasteiger charge is -2.12. The van der Waals surface area contributed by atoms with Gasteiger partial charge >= 0.3 is 0 Å². The molecule has 2 heterocycles. The van der Waals surface area contributed by atoms with Gasteiger partial charge in [0.1, 0.15) is 0 Å². The fourth-order valence-electron chi connectivity index (χ4n) is 2.64. The van der Waals surface area contributed by atoms with Crippen LogP contribution in [0.1, 0.15) is 6.92 Å². The van der Waals surface area contributed by atoms with Gasteiger partial charge in [0.15, 0.2) is 11.0 Å². The van der Waals surface area contributed by atoms with Gasteiger partial charge in [0.05, 0.1) is 10.6 Å². The number of carbonyl (C=O) groups is 1. The third-order valence-corrected chi connectivity index (χ3v) is 7.00. The summed E-state index contributed by atoms with van der Waals surface area (Å²) >= 11 is 1.28. The molecule has 0 aliphatic rings. The van der Waals surface area contributed by atoms with Crippen LogP contribution in [0, 0.1) is 0 Å². The highest BCUT2D eigenvalue weighted by Crippen LogP contribution is 2.23. The zero-order chi connectivity index (χ0) is 21.7. The standard InChI is InChI=1S/C19H22N6O3S2/c1-4-25-18(14-6-5-11-20-12-14)22-23-19(25)29-13-17(26)21-15-7-9-16(10-8-15)30(27,28)24(2)3/h5-12H,4,13H2,1-3H3,(H,21,26). The summed E-state index contributed by atoms with van der Waals surface area (Å²) < 4.78 is 27.3. The number of amides is 1. The number of hydrogen-bond acceptors (Lipinski definition) is 7. The van der Waals surface area contributed by atoms with Crippen molar-refractivity contribution >= 4 is 33.4 Å². The first-order valence-corrected chi connectivity index (χ1v) is 11.5. The van der Waals surface area contributed by atoms with Crippen molar-refractivity contribution in [1.29, 1.82) is 0 Å². The lowest BCUT2D eigenvalue weighted by molar-refractivity contribution is -0.113. The van der Waals surface area contributed by atoms with Crippen LogP contribution in [0.25, 0.3) is 11.4 Å². The molecule has 30 heavy (non-hydrogen) atoms. The molecule has 0 saturated heterocycles. The molecule has 2 aromatic heterocycles. The van der Waals surface area contributed by atoms with E-state index in [0.717, 1.165) is 9.87 Å². The highest BCUT2D eigenvalue weighted by Gasteiger charge is 2.17. The van der Waals surface area contributed by atoms with Crippen LogP contribution in [0.5, 0.6) is 0 Å². The summed E-state index contributed by atoms with van der Waals surface area (Å²) in [5.74, 6) is 0.617. The van der Waals surface area contributed by atoms with E-state index in [9.17, 15) is 13.2 Å². The topological polar surface area (TPSA) is 110 Å². The van der Waals surface area contributed by atoms with Crippen LogP contribution in [0.4, 0.5) is 5.69 Å². The lowest BCUT2D eigenvalue weighted by Crippen LogP contribution is -2.22. The zero-order valence-corrected chi connectivity index (χ0v) is 18.4. The SMILES string of the molecule is CCn1c(SCC(=O)Nc2ccc(S(=O)(=O)N(C)C)cc2)nnc1-c1cccnc1. The predicted molar refractivity (Wildman–Crippen MR) is 116 cm³/mol. The Balaban J connectivity index is 1.63. The molecule has 0 saturated carbocycles. The van der Waals surface area contributed by atoms with E-state index in [0.29, 0.717) is 23.2 Å². The molecule has 0 aliphatic carbocycles. The number of sulfonamides is 1. The molecule has 1 amide bonds. The van der Waals surface area contributed by atoms with Crippen LogP contribution < -0.4 is 5.32 Å². The van der Waals surface area contributed by atoms with E-state index < -0.39 is 10.0 Å². The second kappa shape index (κ2) is 9.37. The van der Waals surface area contributed by atoms with E-state index in [-0.39, 0.29) is 16.6 Å². The van der Waals surface area contributed by atoms with E-state index in [1.165, 1.54) is 38.0 Å². The first-order chi connectivity index (χ1) is 14.3. The number of hydrogen-bond donors (Lipinski definition) is 1. The van der Waals surface area contributed by atoms with Gasteiger partial charge in [0.25, 0.3) is 0 Å². The smallest absolute Gasteiger partial charge is 0.242 e. The second-order valence-electron chi connectivity index (χ2n) is 6.44. The molecule has 11 heteroatoms. The summed E-state index contributed by atoms with van der Waals surface area (Å²) in [4.78, 5) is 16.6. The van der Waals surface area contributed by atoms with Crippen molar-refractivity contribution in [2.75, 3.05) is 25.2 Å². The molecule has 3 rings (SSSR count). The van der Waals surface area contributed by atoms with Gasteiger partial charge in [-0.1, -0.05) is 11.8 Å². The lowest BCUT2D eigenvalue weighted by atomic mass is 10.3. The molecule has 3 aromatic rings. The molecule has 0 unspecified atom stereocenters. The van der Waals surface area contributed by atoms with Crippen molar-refractivity contribution in [2.24, 2.45) is 0 Å². The van der Waals surface area contributed by atoms with Crippen molar-refractivity contribution in [3.63, 3.8) is 0 Å². The van der Waals surface area contributed by atoms with Gasteiger partial charge in [-0.05, 0) is 43.3 Å². The Morgan fingerprint density at radius 3 is 2.50 bits per heavy atom. The quantitative estimate of drug-likeness (QED) is 0.529. The molecule has 0 spiro atoms. The number of aromatic nitrogens is 4. The number of pyridine rings is 1. The van der Waals surface area contributed by atoms with E-state index in [1.807, 2.05) is 23.6 Å². The number of rotatable bonds is 8. The molecule has 9 nitrogen and oxygen atoms in total. The van der Waals surface area contributed by atoms with Gasteiger partial charge in [-0.3, -0.25) is 9.78 Å². The molecule has 0 atom stereocenters. The van der Waals surface area contributed by atoms with Gasteiger partial charge < -0.3 is 9.88 Å². The maximum Gasteiger partial charge on any atom is 0.242 e. The first-order valence-electron chi connectivity index (χ1n) is 9.11. The van der Waals surface area contributed by atoms with Crippen molar-refractivity contribution < 1.29 is 13.2 Å². The summed E-state index contributed by atoms with van der Waals surface area (Å²) in [5.41, 5.74) is 1.38. The van der Waals surface area contributed by atoms with E-state index in [1.54, 1.807) is 24.5 Å². The molecule has 1 N–H and O–H groups in total. The summed E-state index contributed by atoms with van der Waals surface area (Å²) in [6.07, 6.45) is 3.41. The molecule has 1 aromatic carbocycles. The minimum atomic E-state index is -3.50. The molecule has 158 valence electrons. The summed E-state index contributed by atoms with van der Waals surface area (Å²) in [6.45, 7) is 2.64. The van der Waals surface area contributed by atoms with Gasteiger partial charge in [-0.25, -0.2) is 12.7 Å². The predicted octanol–water partition coefficient (Wildman–Crippen LogP) is 2.34. The van der Waals surface area contributed by atoms with Gasteiger partial charge in [-0.15, -0.1) is 10.2 Å². The number of thioether (sulfide) groups is 1. The van der Waals surface area contributed by atoms with Crippen molar-refractivity contribution in [3.05, 3.63) is 48.8 Å². The van der Waals surface area contributed by atoms with Gasteiger partial charge in [-0.2, -0.15) is 0 Å². The molecule has 0 radical (unpaired) electrons. The van der Waals surface area contributed by atoms with Gasteiger partial charge in [0.2, 0.25) is 15.9 Å². The average molecular weight is 447 g/mol. The Hall–Kier alpha value is -2.76. The van der Waals surface area contributed by atoms with Crippen LogP contribution >= 0.6 is 11.8 Å². The molecular weight excluding hydrogens is 424 g/mol. The summed E-state index contributed by atoms with van der Waals surface area (Å²) in [7, 11) is -0.564. The minimum Gasteiger partial charge on any atom is -0.325 e. The van der Waals surface area contributed by atoms with E-state index >= 15 is 0 Å². The Morgan fingerprint density at radius 2 is 1.90 bits per heavy atom. The first kappa shape index (κ1) is 21.9. The molecular formula is C19H22N6O3S2. The van der Waals surface area contributed by atoms with Gasteiger partial charge in [0, 0.05) is 44.3 Å². The number of nitrogens with one attached hydrogen (secondary N) is 1. The van der Waals surface area contributed by atoms with Crippen LogP contribution in [0.2, 0.25) is 0 Å². The minimum absolute atomic E-state index is 0.142. The van der Waals surface area contributed by atoms with Crippen LogP contribution in [0.3, 0.4) is 0 Å². The van der Waals surface area contributed by atoms with Crippen molar-refractivity contribution in [3.8, 4) is 11.4 Å². The Bertz CT molecular complexity index is 1110. The maximum absolute atomic E-state index is 12.3. The van der Waals surface area contributed by atoms with Crippen LogP contribution in [-0.2, 0) is 21.4 Å². The Kier molecular flexibility index (Phi) is 6.85. The van der Waals surface area contributed by atoms with E-state index in [4.69, 9.17) is 0 Å². The molecule has 0 fully saturated rings. The largest absolute Gasteiger partial charge is 0.325 e. The Labute approximate surface area is 179 Å². The summed E-state index contributed by atoms with van der Waals surface area (Å²) in [6, 6.07) is 9.80. The number of carbonyl (C=O) groups excluding carboxylic acids is 1. The third-order valence-electron chi connectivity index (χ3n) is 4.20. The van der Waals surface area contributed by atoms with E-state index in [2.05, 4.69) is 20.5 Å². The zero-order valence-electron chi connectivity index (χ0n) is 16.8. The highest BCUT2D eigenvalue weighted by atomic mass is 32.2. The van der Waals surface area contributed by atoms with Crippen LogP contribution in [-0.4, -0.2) is 58.2 Å². The average Bonchev–Trinajstić information content (AvgIpc) is 3.16. The van der Waals surface area contributed by atoms with Crippen molar-refractivity contribution in [1.82, 2.24) is 24.1 Å². The summed E-state index contributed by atoms with van der Waals surface area (Å²) in [5, 5.41) is 11.8. The number of nitrogens with zero attached hydrogens (tertiary/aromatic N) is 5. The number of anilines is 1. The third kappa shape index (κ3) is 4.86. The maximum atomic E-state index is 12.3. The normalized spacial score (nSPS) is 11.6. The van der Waals surface area contributed by atoms with Crippen LogP contribution in [0.15, 0.2) is 58.8 Å². The highest BCUT2D eigenvalue weighted by molar-refractivity contribution is 7.99. The molecule has 0 bridgehead atoms. The fraction of sp³-hybridized carbons (Fsp3) is 0.263. The number of benzene rings is 1.